The lowest BCUT2D eigenvalue weighted by Crippen LogP contribution is -1.99. The van der Waals surface area contributed by atoms with Crippen LogP contribution in [0.5, 0.6) is 0 Å². The van der Waals surface area contributed by atoms with Crippen LogP contribution in [0.15, 0.2) is 30.3 Å². The zero-order chi connectivity index (χ0) is 13.7. The van der Waals surface area contributed by atoms with Gasteiger partial charge >= 0.3 is 0 Å². The standard InChI is InChI=1S/C12H11NO4S/c1-8(14)7-11(12(15)18-2)9-3-5-10(6-4-9)13(16)17/h3-7H,1-2H3/b11-7+. The van der Waals surface area contributed by atoms with Crippen LogP contribution in [-0.4, -0.2) is 22.1 Å². The lowest BCUT2D eigenvalue weighted by atomic mass is 10.1. The van der Waals surface area contributed by atoms with Crippen molar-refractivity contribution in [2.45, 2.75) is 6.92 Å². The van der Waals surface area contributed by atoms with Crippen LogP contribution in [0, 0.1) is 10.1 Å². The summed E-state index contributed by atoms with van der Waals surface area (Å²) in [5.74, 6) is -0.245. The van der Waals surface area contributed by atoms with Crippen LogP contribution >= 0.6 is 11.8 Å². The van der Waals surface area contributed by atoms with Gasteiger partial charge in [0, 0.05) is 17.7 Å². The molecule has 0 aliphatic rings. The van der Waals surface area contributed by atoms with Crippen LogP contribution < -0.4 is 0 Å². The number of carbonyl (C=O) groups excluding carboxylic acids is 2. The lowest BCUT2D eigenvalue weighted by Gasteiger charge is -2.04. The first-order valence-corrected chi connectivity index (χ1v) is 6.23. The molecule has 0 aliphatic carbocycles. The zero-order valence-electron chi connectivity index (χ0n) is 9.88. The van der Waals surface area contributed by atoms with E-state index in [1.54, 1.807) is 6.26 Å². The van der Waals surface area contributed by atoms with E-state index in [9.17, 15) is 19.7 Å². The molecule has 94 valence electrons. The van der Waals surface area contributed by atoms with Gasteiger partial charge in [-0.2, -0.15) is 0 Å². The maximum absolute atomic E-state index is 11.7. The number of hydrogen-bond acceptors (Lipinski definition) is 5. The van der Waals surface area contributed by atoms with Crippen LogP contribution in [0.25, 0.3) is 5.57 Å². The number of benzene rings is 1. The highest BCUT2D eigenvalue weighted by atomic mass is 32.2. The van der Waals surface area contributed by atoms with Gasteiger partial charge in [0.15, 0.2) is 5.78 Å². The van der Waals surface area contributed by atoms with Crippen molar-refractivity contribution in [3.63, 3.8) is 0 Å². The molecule has 0 amide bonds. The number of hydrogen-bond donors (Lipinski definition) is 0. The molecule has 0 saturated heterocycles. The van der Waals surface area contributed by atoms with Gasteiger partial charge < -0.3 is 0 Å². The molecule has 0 aliphatic heterocycles. The van der Waals surface area contributed by atoms with Gasteiger partial charge in [0.1, 0.15) is 0 Å². The first-order chi connectivity index (χ1) is 8.45. The highest BCUT2D eigenvalue weighted by Gasteiger charge is 2.13. The fraction of sp³-hybridized carbons (Fsp3) is 0.167. The van der Waals surface area contributed by atoms with Crippen molar-refractivity contribution in [1.29, 1.82) is 0 Å². The van der Waals surface area contributed by atoms with E-state index in [0.717, 1.165) is 11.8 Å². The third kappa shape index (κ3) is 3.53. The topological polar surface area (TPSA) is 77.3 Å². The van der Waals surface area contributed by atoms with Gasteiger partial charge in [-0.05, 0) is 37.0 Å². The maximum atomic E-state index is 11.7. The molecule has 5 nitrogen and oxygen atoms in total. The third-order valence-electron chi connectivity index (χ3n) is 2.14. The van der Waals surface area contributed by atoms with Crippen molar-refractivity contribution in [2.75, 3.05) is 6.26 Å². The van der Waals surface area contributed by atoms with Gasteiger partial charge in [-0.15, -0.1) is 0 Å². The van der Waals surface area contributed by atoms with Gasteiger partial charge in [0.05, 0.1) is 4.92 Å². The first kappa shape index (κ1) is 14.1. The van der Waals surface area contributed by atoms with E-state index >= 15 is 0 Å². The van der Waals surface area contributed by atoms with E-state index in [2.05, 4.69) is 0 Å². The number of nitro groups is 1. The summed E-state index contributed by atoms with van der Waals surface area (Å²) in [5, 5.41) is 10.3. The van der Waals surface area contributed by atoms with E-state index in [-0.39, 0.29) is 22.2 Å². The average Bonchev–Trinajstić information content (AvgIpc) is 2.35. The molecule has 0 bridgehead atoms. The molecule has 1 rings (SSSR count). The molecule has 0 atom stereocenters. The molecule has 0 unspecified atom stereocenters. The fourth-order valence-corrected chi connectivity index (χ4v) is 1.73. The van der Waals surface area contributed by atoms with E-state index in [1.807, 2.05) is 0 Å². The highest BCUT2D eigenvalue weighted by Crippen LogP contribution is 2.22. The number of thioether (sulfide) groups is 1. The van der Waals surface area contributed by atoms with E-state index in [0.29, 0.717) is 5.56 Å². The third-order valence-corrected chi connectivity index (χ3v) is 2.73. The predicted molar refractivity (Wildman–Crippen MR) is 70.3 cm³/mol. The van der Waals surface area contributed by atoms with Gasteiger partial charge in [0.2, 0.25) is 5.12 Å². The molecule has 0 N–H and O–H groups in total. The Morgan fingerprint density at radius 2 is 1.83 bits per heavy atom. The summed E-state index contributed by atoms with van der Waals surface area (Å²) < 4.78 is 0. The Balaban J connectivity index is 3.18. The van der Waals surface area contributed by atoms with Crippen molar-refractivity contribution >= 4 is 33.9 Å². The smallest absolute Gasteiger partial charge is 0.269 e. The van der Waals surface area contributed by atoms with Crippen LogP contribution in [0.1, 0.15) is 12.5 Å². The van der Waals surface area contributed by atoms with Crippen molar-refractivity contribution in [3.05, 3.63) is 46.0 Å². The molecule has 18 heavy (non-hydrogen) atoms. The molecule has 0 aromatic heterocycles. The second-order valence-corrected chi connectivity index (χ2v) is 4.24. The number of nitro benzene ring substituents is 1. The number of rotatable bonds is 4. The Morgan fingerprint density at radius 3 is 2.22 bits per heavy atom. The predicted octanol–water partition coefficient (Wildman–Crippen LogP) is 2.46. The molecule has 1 aromatic rings. The van der Waals surface area contributed by atoms with Crippen molar-refractivity contribution in [3.8, 4) is 0 Å². The Morgan fingerprint density at radius 1 is 1.28 bits per heavy atom. The monoisotopic (exact) mass is 265 g/mol. The number of non-ortho nitro benzene ring substituents is 1. The first-order valence-electron chi connectivity index (χ1n) is 5.01. The summed E-state index contributed by atoms with van der Waals surface area (Å²) in [6.45, 7) is 1.35. The molecule has 0 spiro atoms. The van der Waals surface area contributed by atoms with Gasteiger partial charge in [-0.1, -0.05) is 11.8 Å². The lowest BCUT2D eigenvalue weighted by molar-refractivity contribution is -0.384. The summed E-state index contributed by atoms with van der Waals surface area (Å²) in [5.41, 5.74) is 0.692. The largest absolute Gasteiger partial charge is 0.295 e. The van der Waals surface area contributed by atoms with E-state index in [4.69, 9.17) is 0 Å². The summed E-state index contributed by atoms with van der Waals surface area (Å²) in [6.07, 6.45) is 2.85. The molecular weight excluding hydrogens is 254 g/mol. The Labute approximate surface area is 108 Å². The van der Waals surface area contributed by atoms with Gasteiger partial charge in [0.25, 0.3) is 5.69 Å². The minimum absolute atomic E-state index is 0.0578. The van der Waals surface area contributed by atoms with E-state index < -0.39 is 4.92 Å². The quantitative estimate of drug-likeness (QED) is 0.474. The number of allylic oxidation sites excluding steroid dienone is 1. The maximum Gasteiger partial charge on any atom is 0.269 e. The summed E-state index contributed by atoms with van der Waals surface area (Å²) in [7, 11) is 0. The second kappa shape index (κ2) is 6.11. The van der Waals surface area contributed by atoms with Crippen molar-refractivity contribution < 1.29 is 14.5 Å². The van der Waals surface area contributed by atoms with Crippen LogP contribution in [0.2, 0.25) is 0 Å². The molecule has 1 aromatic carbocycles. The number of carbonyl (C=O) groups is 2. The SMILES string of the molecule is CSC(=O)/C(=C/C(C)=O)c1ccc([N+](=O)[O-])cc1. The molecule has 0 radical (unpaired) electrons. The summed E-state index contributed by atoms with van der Waals surface area (Å²) in [6, 6.07) is 5.52. The Bertz CT molecular complexity index is 519. The molecule has 0 heterocycles. The molecule has 0 fully saturated rings. The minimum Gasteiger partial charge on any atom is -0.295 e. The summed E-state index contributed by atoms with van der Waals surface area (Å²) in [4.78, 5) is 32.7. The van der Waals surface area contributed by atoms with Crippen molar-refractivity contribution in [1.82, 2.24) is 0 Å². The summed E-state index contributed by atoms with van der Waals surface area (Å²) >= 11 is 0.987. The fourth-order valence-electron chi connectivity index (χ4n) is 1.34. The Kier molecular flexibility index (Phi) is 4.79. The zero-order valence-corrected chi connectivity index (χ0v) is 10.7. The van der Waals surface area contributed by atoms with Crippen LogP contribution in [-0.2, 0) is 9.59 Å². The molecule has 0 saturated carbocycles. The van der Waals surface area contributed by atoms with Crippen molar-refractivity contribution in [2.24, 2.45) is 0 Å². The highest BCUT2D eigenvalue weighted by molar-refractivity contribution is 8.14. The van der Waals surface area contributed by atoms with Gasteiger partial charge in [-0.25, -0.2) is 0 Å². The second-order valence-electron chi connectivity index (χ2n) is 3.46. The van der Waals surface area contributed by atoms with Gasteiger partial charge in [-0.3, -0.25) is 19.7 Å². The normalized spacial score (nSPS) is 11.1. The average molecular weight is 265 g/mol. The Hall–Kier alpha value is -1.95. The van der Waals surface area contributed by atoms with Crippen LogP contribution in [0.4, 0.5) is 5.69 Å². The molecular formula is C12H11NO4S. The van der Waals surface area contributed by atoms with E-state index in [1.165, 1.54) is 37.3 Å². The number of ketones is 1. The molecule has 6 heteroatoms. The van der Waals surface area contributed by atoms with Crippen LogP contribution in [0.3, 0.4) is 0 Å². The minimum atomic E-state index is -0.519. The number of nitrogens with zero attached hydrogens (tertiary/aromatic N) is 1.